The van der Waals surface area contributed by atoms with Gasteiger partial charge in [-0.1, -0.05) is 19.0 Å². The molecule has 1 saturated heterocycles. The monoisotopic (exact) mass is 363 g/mol. The molecule has 134 valence electrons. The van der Waals surface area contributed by atoms with Crippen LogP contribution in [-0.4, -0.2) is 47.3 Å². The summed E-state index contributed by atoms with van der Waals surface area (Å²) < 4.78 is 16.6. The van der Waals surface area contributed by atoms with Gasteiger partial charge in [0.1, 0.15) is 18.1 Å². The molecule has 4 rings (SSSR count). The van der Waals surface area contributed by atoms with Crippen LogP contribution in [0.1, 0.15) is 59.9 Å². The molecule has 0 aromatic carbocycles. The number of thiophene rings is 1. The van der Waals surface area contributed by atoms with Gasteiger partial charge in [0.15, 0.2) is 17.3 Å². The molecule has 1 atom stereocenters. The first-order valence-corrected chi connectivity index (χ1v) is 9.51. The fourth-order valence-electron chi connectivity index (χ4n) is 3.16. The van der Waals surface area contributed by atoms with Crippen molar-refractivity contribution in [3.8, 4) is 11.5 Å². The van der Waals surface area contributed by atoms with Gasteiger partial charge in [0.05, 0.1) is 5.92 Å². The summed E-state index contributed by atoms with van der Waals surface area (Å²) >= 11 is 1.38. The second kappa shape index (κ2) is 6.67. The summed E-state index contributed by atoms with van der Waals surface area (Å²) in [7, 11) is 0. The molecule has 2 aromatic rings. The van der Waals surface area contributed by atoms with E-state index in [-0.39, 0.29) is 17.7 Å². The number of fused-ring (bicyclic) bond motifs is 1. The summed E-state index contributed by atoms with van der Waals surface area (Å²) in [4.78, 5) is 19.9. The third kappa shape index (κ3) is 3.10. The molecule has 8 heteroatoms. The topological polar surface area (TPSA) is 77.7 Å². The van der Waals surface area contributed by atoms with Gasteiger partial charge in [0.25, 0.3) is 5.91 Å². The molecular formula is C17H21N3O4S. The third-order valence-corrected chi connectivity index (χ3v) is 5.45. The zero-order valence-electron chi connectivity index (χ0n) is 14.4. The van der Waals surface area contributed by atoms with Gasteiger partial charge in [-0.3, -0.25) is 4.79 Å². The fourth-order valence-corrected chi connectivity index (χ4v) is 4.06. The average Bonchev–Trinajstić information content (AvgIpc) is 3.28. The second-order valence-corrected chi connectivity index (χ2v) is 7.57. The Morgan fingerprint density at radius 2 is 2.20 bits per heavy atom. The number of piperidine rings is 1. The Hall–Kier alpha value is -2.09. The van der Waals surface area contributed by atoms with Crippen molar-refractivity contribution in [3.63, 3.8) is 0 Å². The highest BCUT2D eigenvalue weighted by Crippen LogP contribution is 2.40. The fraction of sp³-hybridized carbons (Fsp3) is 0.588. The van der Waals surface area contributed by atoms with Crippen LogP contribution >= 0.6 is 11.3 Å². The maximum absolute atomic E-state index is 13.0. The van der Waals surface area contributed by atoms with E-state index in [1.165, 1.54) is 11.3 Å². The lowest BCUT2D eigenvalue weighted by atomic mass is 9.97. The van der Waals surface area contributed by atoms with Gasteiger partial charge in [-0.15, -0.1) is 11.3 Å². The van der Waals surface area contributed by atoms with Gasteiger partial charge >= 0.3 is 0 Å². The first-order valence-electron chi connectivity index (χ1n) is 8.63. The van der Waals surface area contributed by atoms with Gasteiger partial charge in [0, 0.05) is 24.4 Å². The second-order valence-electron chi connectivity index (χ2n) is 6.69. The van der Waals surface area contributed by atoms with Crippen LogP contribution in [0.5, 0.6) is 11.5 Å². The normalized spacial score (nSPS) is 20.1. The van der Waals surface area contributed by atoms with Crippen molar-refractivity contribution >= 4 is 17.2 Å². The first kappa shape index (κ1) is 16.4. The minimum atomic E-state index is -0.00921. The highest BCUT2D eigenvalue weighted by Gasteiger charge is 2.32. The lowest BCUT2D eigenvalue weighted by Crippen LogP contribution is -2.39. The molecule has 7 nitrogen and oxygen atoms in total. The SMILES string of the molecule is CC(C)c1noc(C2CCCN(C(=O)c3scc4c3OCCO4)C2)n1. The minimum absolute atomic E-state index is 0.00921. The number of aromatic nitrogens is 2. The van der Waals surface area contributed by atoms with Crippen molar-refractivity contribution < 1.29 is 18.8 Å². The van der Waals surface area contributed by atoms with Gasteiger partial charge < -0.3 is 18.9 Å². The molecule has 1 amide bonds. The molecule has 2 aromatic heterocycles. The molecule has 0 aliphatic carbocycles. The van der Waals surface area contributed by atoms with E-state index in [2.05, 4.69) is 10.1 Å². The van der Waals surface area contributed by atoms with Crippen molar-refractivity contribution in [1.82, 2.24) is 15.0 Å². The Kier molecular flexibility index (Phi) is 4.37. The Labute approximate surface area is 149 Å². The number of amides is 1. The number of ether oxygens (including phenoxy) is 2. The largest absolute Gasteiger partial charge is 0.485 e. The van der Waals surface area contributed by atoms with Crippen molar-refractivity contribution in [2.45, 2.75) is 38.5 Å². The lowest BCUT2D eigenvalue weighted by molar-refractivity contribution is 0.0692. The van der Waals surface area contributed by atoms with Crippen LogP contribution in [0.3, 0.4) is 0 Å². The molecular weight excluding hydrogens is 342 g/mol. The van der Waals surface area contributed by atoms with E-state index in [1.54, 1.807) is 0 Å². The number of carbonyl (C=O) groups excluding carboxylic acids is 1. The molecule has 0 bridgehead atoms. The van der Waals surface area contributed by atoms with Gasteiger partial charge in [-0.2, -0.15) is 4.98 Å². The van der Waals surface area contributed by atoms with Crippen LogP contribution in [0.2, 0.25) is 0 Å². The number of likely N-dealkylation sites (tertiary alicyclic amines) is 1. The highest BCUT2D eigenvalue weighted by atomic mass is 32.1. The minimum Gasteiger partial charge on any atom is -0.485 e. The third-order valence-electron chi connectivity index (χ3n) is 4.53. The van der Waals surface area contributed by atoms with E-state index in [0.29, 0.717) is 42.0 Å². The van der Waals surface area contributed by atoms with Gasteiger partial charge in [-0.05, 0) is 12.8 Å². The van der Waals surface area contributed by atoms with Crippen LogP contribution < -0.4 is 9.47 Å². The van der Waals surface area contributed by atoms with Crippen molar-refractivity contribution in [1.29, 1.82) is 0 Å². The molecule has 0 saturated carbocycles. The number of rotatable bonds is 3. The summed E-state index contributed by atoms with van der Waals surface area (Å²) in [6, 6.07) is 0. The van der Waals surface area contributed by atoms with E-state index in [1.807, 2.05) is 24.1 Å². The van der Waals surface area contributed by atoms with Gasteiger partial charge in [0.2, 0.25) is 5.89 Å². The van der Waals surface area contributed by atoms with Crippen molar-refractivity contribution in [2.24, 2.45) is 0 Å². The summed E-state index contributed by atoms with van der Waals surface area (Å²) in [5, 5.41) is 5.89. The molecule has 2 aliphatic heterocycles. The first-order chi connectivity index (χ1) is 12.1. The molecule has 2 aliphatic rings. The van der Waals surface area contributed by atoms with Crippen molar-refractivity contribution in [2.75, 3.05) is 26.3 Å². The maximum atomic E-state index is 13.0. The molecule has 0 N–H and O–H groups in total. The molecule has 1 unspecified atom stereocenters. The van der Waals surface area contributed by atoms with E-state index in [9.17, 15) is 4.79 Å². The highest BCUT2D eigenvalue weighted by molar-refractivity contribution is 7.12. The molecule has 0 spiro atoms. The molecule has 25 heavy (non-hydrogen) atoms. The lowest BCUT2D eigenvalue weighted by Gasteiger charge is -2.31. The molecule has 4 heterocycles. The number of hydrogen-bond donors (Lipinski definition) is 0. The zero-order valence-corrected chi connectivity index (χ0v) is 15.2. The number of carbonyl (C=O) groups is 1. The van der Waals surface area contributed by atoms with E-state index >= 15 is 0 Å². The summed E-state index contributed by atoms with van der Waals surface area (Å²) in [6.07, 6.45) is 1.87. The Morgan fingerprint density at radius 1 is 1.36 bits per heavy atom. The van der Waals surface area contributed by atoms with Crippen LogP contribution in [0.4, 0.5) is 0 Å². The quantitative estimate of drug-likeness (QED) is 0.834. The predicted octanol–water partition coefficient (Wildman–Crippen LogP) is 3.05. The number of nitrogens with zero attached hydrogens (tertiary/aromatic N) is 3. The summed E-state index contributed by atoms with van der Waals surface area (Å²) in [5.74, 6) is 2.92. The standard InChI is InChI=1S/C17H21N3O4S/c1-10(2)15-18-16(24-19-15)11-4-3-5-20(8-11)17(21)14-13-12(9-25-14)22-6-7-23-13/h9-11H,3-8H2,1-2H3. The van der Waals surface area contributed by atoms with E-state index in [0.717, 1.165) is 25.2 Å². The van der Waals surface area contributed by atoms with Crippen molar-refractivity contribution in [3.05, 3.63) is 22.0 Å². The Balaban J connectivity index is 1.50. The molecule has 1 fully saturated rings. The van der Waals surface area contributed by atoms with Crippen LogP contribution in [-0.2, 0) is 0 Å². The summed E-state index contributed by atoms with van der Waals surface area (Å²) in [5.41, 5.74) is 0. The smallest absolute Gasteiger partial charge is 0.267 e. The van der Waals surface area contributed by atoms with Crippen LogP contribution in [0.25, 0.3) is 0 Å². The van der Waals surface area contributed by atoms with Crippen LogP contribution in [0.15, 0.2) is 9.90 Å². The van der Waals surface area contributed by atoms with Crippen LogP contribution in [0, 0.1) is 0 Å². The Bertz CT molecular complexity index is 770. The van der Waals surface area contributed by atoms with E-state index < -0.39 is 0 Å². The molecule has 0 radical (unpaired) electrons. The Morgan fingerprint density at radius 3 is 3.00 bits per heavy atom. The predicted molar refractivity (Wildman–Crippen MR) is 91.6 cm³/mol. The van der Waals surface area contributed by atoms with Gasteiger partial charge in [-0.25, -0.2) is 0 Å². The summed E-state index contributed by atoms with van der Waals surface area (Å²) in [6.45, 7) is 6.39. The number of hydrogen-bond acceptors (Lipinski definition) is 7. The zero-order chi connectivity index (χ0) is 17.4. The maximum Gasteiger partial charge on any atom is 0.267 e. The average molecular weight is 363 g/mol. The van der Waals surface area contributed by atoms with E-state index in [4.69, 9.17) is 14.0 Å².